The van der Waals surface area contributed by atoms with Crippen LogP contribution in [0.3, 0.4) is 0 Å². The van der Waals surface area contributed by atoms with Crippen LogP contribution in [0.25, 0.3) is 11.0 Å². The minimum absolute atomic E-state index is 0.567. The maximum atomic E-state index is 9.08. The van der Waals surface area contributed by atoms with Gasteiger partial charge in [0.25, 0.3) is 0 Å². The number of hydrogen-bond acceptors (Lipinski definition) is 4. The van der Waals surface area contributed by atoms with E-state index in [-0.39, 0.29) is 0 Å². The Balaban J connectivity index is 2.73. The van der Waals surface area contributed by atoms with Crippen LogP contribution in [0.4, 0.5) is 5.69 Å². The van der Waals surface area contributed by atoms with E-state index in [4.69, 9.17) is 5.21 Å². The van der Waals surface area contributed by atoms with Crippen molar-refractivity contribution in [2.75, 3.05) is 4.47 Å². The number of aromatic amines is 1. The molecule has 62 valence electrons. The van der Waals surface area contributed by atoms with Gasteiger partial charge in [-0.1, -0.05) is 6.07 Å². The van der Waals surface area contributed by atoms with Gasteiger partial charge >= 0.3 is 0 Å². The number of benzene rings is 1. The standard InChI is InChI=1S/C7H7N3OS/c11-10(12)6-3-1-2-5-7(6)9-4-8-5/h1-4,11-12H,(H,8,9). The molecule has 2 aromatic rings. The van der Waals surface area contributed by atoms with Crippen molar-refractivity contribution in [3.63, 3.8) is 0 Å². The summed E-state index contributed by atoms with van der Waals surface area (Å²) in [5.41, 5.74) is 2.15. The van der Waals surface area contributed by atoms with E-state index in [1.165, 1.54) is 0 Å². The lowest BCUT2D eigenvalue weighted by Gasteiger charge is -2.07. The molecular formula is C7H7N3OS. The first-order valence-corrected chi connectivity index (χ1v) is 3.79. The number of thiol groups is 1. The van der Waals surface area contributed by atoms with Gasteiger partial charge in [0.1, 0.15) is 11.2 Å². The molecule has 0 saturated carbocycles. The Labute approximate surface area is 74.3 Å². The first-order chi connectivity index (χ1) is 5.79. The van der Waals surface area contributed by atoms with Crippen LogP contribution in [-0.4, -0.2) is 15.2 Å². The summed E-state index contributed by atoms with van der Waals surface area (Å²) in [6.07, 6.45) is 1.57. The molecule has 0 bridgehead atoms. The van der Waals surface area contributed by atoms with E-state index >= 15 is 0 Å². The maximum absolute atomic E-state index is 9.08. The number of para-hydroxylation sites is 1. The number of fused-ring (bicyclic) bond motifs is 1. The summed E-state index contributed by atoms with van der Waals surface area (Å²) in [6, 6.07) is 5.43. The van der Waals surface area contributed by atoms with Crippen molar-refractivity contribution in [1.82, 2.24) is 9.97 Å². The zero-order valence-electron chi connectivity index (χ0n) is 6.10. The van der Waals surface area contributed by atoms with Gasteiger partial charge in [-0.05, 0) is 24.9 Å². The second-order valence-electron chi connectivity index (χ2n) is 2.37. The molecule has 0 radical (unpaired) electrons. The van der Waals surface area contributed by atoms with Gasteiger partial charge in [0, 0.05) is 0 Å². The van der Waals surface area contributed by atoms with Crippen molar-refractivity contribution >= 4 is 29.5 Å². The number of nitrogens with zero attached hydrogens (tertiary/aromatic N) is 2. The number of hydrogen-bond donors (Lipinski definition) is 3. The third-order valence-corrected chi connectivity index (χ3v) is 1.86. The topological polar surface area (TPSA) is 52.1 Å². The summed E-state index contributed by atoms with van der Waals surface area (Å²) in [7, 11) is 0. The zero-order valence-corrected chi connectivity index (χ0v) is 6.99. The summed E-state index contributed by atoms with van der Waals surface area (Å²) in [6.45, 7) is 0. The van der Waals surface area contributed by atoms with Crippen molar-refractivity contribution in [2.45, 2.75) is 0 Å². The molecule has 0 saturated heterocycles. The molecule has 1 aromatic heterocycles. The highest BCUT2D eigenvalue weighted by Gasteiger charge is 2.05. The van der Waals surface area contributed by atoms with Crippen molar-refractivity contribution in [3.8, 4) is 0 Å². The lowest BCUT2D eigenvalue weighted by Crippen LogP contribution is -2.02. The molecule has 0 atom stereocenters. The number of H-pyrrole nitrogens is 1. The van der Waals surface area contributed by atoms with E-state index in [9.17, 15) is 0 Å². The molecule has 0 spiro atoms. The fraction of sp³-hybridized carbons (Fsp3) is 0. The van der Waals surface area contributed by atoms with Gasteiger partial charge in [0.2, 0.25) is 0 Å². The monoisotopic (exact) mass is 181 g/mol. The van der Waals surface area contributed by atoms with Gasteiger partial charge in [-0.3, -0.25) is 5.21 Å². The normalized spacial score (nSPS) is 10.5. The van der Waals surface area contributed by atoms with Crippen molar-refractivity contribution in [3.05, 3.63) is 24.5 Å². The second kappa shape index (κ2) is 2.69. The van der Waals surface area contributed by atoms with Gasteiger partial charge < -0.3 is 4.98 Å². The van der Waals surface area contributed by atoms with E-state index in [2.05, 4.69) is 22.8 Å². The predicted molar refractivity (Wildman–Crippen MR) is 49.3 cm³/mol. The molecule has 0 aliphatic heterocycles. The molecule has 0 aliphatic rings. The second-order valence-corrected chi connectivity index (χ2v) is 2.74. The number of nitrogens with one attached hydrogen (secondary N) is 1. The molecule has 2 rings (SSSR count). The fourth-order valence-corrected chi connectivity index (χ4v) is 1.27. The Morgan fingerprint density at radius 1 is 1.50 bits per heavy atom. The SMILES string of the molecule is ON(S)c1cccc2[nH]cnc12. The molecule has 0 fully saturated rings. The van der Waals surface area contributed by atoms with Gasteiger partial charge in [-0.15, -0.1) is 0 Å². The van der Waals surface area contributed by atoms with Crippen molar-refractivity contribution < 1.29 is 5.21 Å². The van der Waals surface area contributed by atoms with Crippen LogP contribution < -0.4 is 4.47 Å². The summed E-state index contributed by atoms with van der Waals surface area (Å²) in [4.78, 5) is 6.97. The van der Waals surface area contributed by atoms with Gasteiger partial charge in [-0.25, -0.2) is 4.98 Å². The highest BCUT2D eigenvalue weighted by molar-refractivity contribution is 7.81. The number of imidazole rings is 1. The van der Waals surface area contributed by atoms with Crippen LogP contribution in [0, 0.1) is 0 Å². The van der Waals surface area contributed by atoms with E-state index in [0.29, 0.717) is 11.2 Å². The highest BCUT2D eigenvalue weighted by atomic mass is 32.1. The van der Waals surface area contributed by atoms with Crippen LogP contribution in [0.15, 0.2) is 24.5 Å². The number of rotatable bonds is 1. The molecule has 4 nitrogen and oxygen atoms in total. The Bertz CT molecular complexity index is 398. The van der Waals surface area contributed by atoms with Crippen LogP contribution in [0.5, 0.6) is 0 Å². The Hall–Kier alpha value is -1.20. The quantitative estimate of drug-likeness (QED) is 0.462. The molecule has 0 aliphatic carbocycles. The minimum Gasteiger partial charge on any atom is -0.345 e. The summed E-state index contributed by atoms with van der Waals surface area (Å²) in [5, 5.41) is 9.08. The van der Waals surface area contributed by atoms with E-state index in [1.807, 2.05) is 12.1 Å². The molecule has 1 heterocycles. The molecule has 5 heteroatoms. The molecule has 0 unspecified atom stereocenters. The predicted octanol–water partition coefficient (Wildman–Crippen LogP) is 1.60. The third-order valence-electron chi connectivity index (χ3n) is 1.64. The van der Waals surface area contributed by atoms with E-state index in [0.717, 1.165) is 9.99 Å². The minimum atomic E-state index is 0.567. The average Bonchev–Trinajstić information content (AvgIpc) is 2.49. The van der Waals surface area contributed by atoms with Crippen LogP contribution >= 0.6 is 12.8 Å². The molecule has 12 heavy (non-hydrogen) atoms. The average molecular weight is 181 g/mol. The Morgan fingerprint density at radius 3 is 3.08 bits per heavy atom. The van der Waals surface area contributed by atoms with Gasteiger partial charge in [0.15, 0.2) is 0 Å². The maximum Gasteiger partial charge on any atom is 0.115 e. The van der Waals surface area contributed by atoms with Gasteiger partial charge in [-0.2, -0.15) is 4.47 Å². The molecule has 1 aromatic carbocycles. The van der Waals surface area contributed by atoms with Gasteiger partial charge in [0.05, 0.1) is 11.8 Å². The number of aromatic nitrogens is 2. The molecule has 0 amide bonds. The van der Waals surface area contributed by atoms with Crippen LogP contribution in [0.2, 0.25) is 0 Å². The fourth-order valence-electron chi connectivity index (χ4n) is 1.11. The summed E-state index contributed by atoms with van der Waals surface area (Å²) < 4.78 is 0.753. The number of anilines is 1. The van der Waals surface area contributed by atoms with E-state index in [1.54, 1.807) is 12.4 Å². The first kappa shape index (κ1) is 7.45. The first-order valence-electron chi connectivity index (χ1n) is 3.39. The zero-order chi connectivity index (χ0) is 8.55. The Kier molecular flexibility index (Phi) is 1.67. The van der Waals surface area contributed by atoms with Crippen molar-refractivity contribution in [2.24, 2.45) is 0 Å². The Morgan fingerprint density at radius 2 is 2.33 bits per heavy atom. The largest absolute Gasteiger partial charge is 0.345 e. The molecular weight excluding hydrogens is 174 g/mol. The van der Waals surface area contributed by atoms with Crippen molar-refractivity contribution in [1.29, 1.82) is 0 Å². The summed E-state index contributed by atoms with van der Waals surface area (Å²) in [5.74, 6) is 0. The lowest BCUT2D eigenvalue weighted by atomic mass is 10.3. The summed E-state index contributed by atoms with van der Waals surface area (Å²) >= 11 is 3.77. The van der Waals surface area contributed by atoms with E-state index < -0.39 is 0 Å². The molecule has 2 N–H and O–H groups in total. The highest BCUT2D eigenvalue weighted by Crippen LogP contribution is 2.23. The smallest absolute Gasteiger partial charge is 0.115 e. The lowest BCUT2D eigenvalue weighted by molar-refractivity contribution is 0.335. The van der Waals surface area contributed by atoms with Crippen LogP contribution in [-0.2, 0) is 0 Å². The third kappa shape index (κ3) is 1.03. The van der Waals surface area contributed by atoms with Crippen LogP contribution in [0.1, 0.15) is 0 Å².